The number of aromatic nitrogens is 1. The van der Waals surface area contributed by atoms with E-state index in [-0.39, 0.29) is 6.61 Å². The number of fused-ring (bicyclic) bond motifs is 1. The fourth-order valence-electron chi connectivity index (χ4n) is 2.35. The van der Waals surface area contributed by atoms with Crippen LogP contribution >= 0.6 is 0 Å². The second-order valence-electron chi connectivity index (χ2n) is 4.42. The van der Waals surface area contributed by atoms with Crippen LogP contribution in [-0.4, -0.2) is 9.67 Å². The SMILES string of the molecule is OCc1cc2ccccc2n1Cc1ccccc1. The summed E-state index contributed by atoms with van der Waals surface area (Å²) in [6.45, 7) is 0.867. The van der Waals surface area contributed by atoms with Crippen molar-refractivity contribution in [1.29, 1.82) is 0 Å². The van der Waals surface area contributed by atoms with Crippen LogP contribution in [0, 0.1) is 0 Å². The van der Waals surface area contributed by atoms with Crippen molar-refractivity contribution in [3.8, 4) is 0 Å². The number of nitrogens with zero attached hydrogens (tertiary/aromatic N) is 1. The van der Waals surface area contributed by atoms with E-state index in [2.05, 4.69) is 34.9 Å². The number of benzene rings is 2. The standard InChI is InChI=1S/C16H15NO/c18-12-15-10-14-8-4-5-9-16(14)17(15)11-13-6-2-1-3-7-13/h1-10,18H,11-12H2. The first-order valence-corrected chi connectivity index (χ1v) is 6.10. The van der Waals surface area contributed by atoms with Crippen LogP contribution in [0.5, 0.6) is 0 Å². The van der Waals surface area contributed by atoms with Crippen molar-refractivity contribution in [3.63, 3.8) is 0 Å². The van der Waals surface area contributed by atoms with Crippen LogP contribution < -0.4 is 0 Å². The number of aliphatic hydroxyl groups excluding tert-OH is 1. The molecule has 2 nitrogen and oxygen atoms in total. The van der Waals surface area contributed by atoms with Crippen LogP contribution in [0.25, 0.3) is 10.9 Å². The fraction of sp³-hybridized carbons (Fsp3) is 0.125. The van der Waals surface area contributed by atoms with Crippen molar-refractivity contribution in [3.05, 3.63) is 71.9 Å². The molecule has 0 unspecified atom stereocenters. The summed E-state index contributed by atoms with van der Waals surface area (Å²) in [6, 6.07) is 20.6. The van der Waals surface area contributed by atoms with Gasteiger partial charge in [-0.1, -0.05) is 48.5 Å². The molecule has 0 spiro atoms. The molecule has 0 aliphatic heterocycles. The van der Waals surface area contributed by atoms with Crippen molar-refractivity contribution in [2.24, 2.45) is 0 Å². The number of rotatable bonds is 3. The van der Waals surface area contributed by atoms with Gasteiger partial charge in [0.05, 0.1) is 6.61 Å². The lowest BCUT2D eigenvalue weighted by molar-refractivity contribution is 0.272. The maximum atomic E-state index is 9.48. The van der Waals surface area contributed by atoms with Crippen LogP contribution in [0.4, 0.5) is 0 Å². The second-order valence-corrected chi connectivity index (χ2v) is 4.42. The molecule has 0 atom stereocenters. The van der Waals surface area contributed by atoms with Gasteiger partial charge in [-0.25, -0.2) is 0 Å². The minimum atomic E-state index is 0.0709. The predicted octanol–water partition coefficient (Wildman–Crippen LogP) is 3.18. The van der Waals surface area contributed by atoms with E-state index in [0.717, 1.165) is 12.2 Å². The van der Waals surface area contributed by atoms with Gasteiger partial charge in [0.2, 0.25) is 0 Å². The Hall–Kier alpha value is -2.06. The monoisotopic (exact) mass is 237 g/mol. The van der Waals surface area contributed by atoms with Crippen LogP contribution in [0.3, 0.4) is 0 Å². The van der Waals surface area contributed by atoms with Gasteiger partial charge in [0.15, 0.2) is 0 Å². The van der Waals surface area contributed by atoms with Crippen molar-refractivity contribution in [2.75, 3.05) is 0 Å². The first-order chi connectivity index (χ1) is 8.88. The predicted molar refractivity (Wildman–Crippen MR) is 73.4 cm³/mol. The molecule has 0 saturated carbocycles. The zero-order valence-corrected chi connectivity index (χ0v) is 10.1. The third kappa shape index (κ3) is 1.91. The molecule has 1 N–H and O–H groups in total. The molecule has 1 heterocycles. The zero-order valence-electron chi connectivity index (χ0n) is 10.1. The summed E-state index contributed by atoms with van der Waals surface area (Å²) in [7, 11) is 0. The van der Waals surface area contributed by atoms with E-state index in [1.54, 1.807) is 0 Å². The molecule has 18 heavy (non-hydrogen) atoms. The van der Waals surface area contributed by atoms with Gasteiger partial charge in [-0.15, -0.1) is 0 Å². The first kappa shape index (κ1) is 11.1. The maximum absolute atomic E-state index is 9.48. The Morgan fingerprint density at radius 3 is 2.39 bits per heavy atom. The fourth-order valence-corrected chi connectivity index (χ4v) is 2.35. The number of para-hydroxylation sites is 1. The molecule has 0 fully saturated rings. The number of hydrogen-bond acceptors (Lipinski definition) is 1. The molecule has 0 aliphatic rings. The highest BCUT2D eigenvalue weighted by Crippen LogP contribution is 2.21. The van der Waals surface area contributed by atoms with Crippen molar-refractivity contribution in [1.82, 2.24) is 4.57 Å². The molecule has 0 radical (unpaired) electrons. The third-order valence-corrected chi connectivity index (χ3v) is 3.24. The molecule has 0 saturated heterocycles. The Morgan fingerprint density at radius 2 is 1.61 bits per heavy atom. The van der Waals surface area contributed by atoms with E-state index in [9.17, 15) is 5.11 Å². The van der Waals surface area contributed by atoms with E-state index < -0.39 is 0 Å². The molecule has 90 valence electrons. The highest BCUT2D eigenvalue weighted by molar-refractivity contribution is 5.81. The van der Waals surface area contributed by atoms with Crippen molar-refractivity contribution >= 4 is 10.9 Å². The lowest BCUT2D eigenvalue weighted by atomic mass is 10.2. The molecule has 2 heteroatoms. The average Bonchev–Trinajstić information content (AvgIpc) is 2.78. The van der Waals surface area contributed by atoms with Gasteiger partial charge >= 0.3 is 0 Å². The summed E-state index contributed by atoms with van der Waals surface area (Å²) in [5, 5.41) is 10.7. The quantitative estimate of drug-likeness (QED) is 0.743. The lowest BCUT2D eigenvalue weighted by Crippen LogP contribution is -2.03. The molecule has 2 aromatic carbocycles. The van der Waals surface area contributed by atoms with Gasteiger partial charge in [0.1, 0.15) is 0 Å². The smallest absolute Gasteiger partial charge is 0.0833 e. The molecule has 0 bridgehead atoms. The van der Waals surface area contributed by atoms with Crippen LogP contribution in [0.2, 0.25) is 0 Å². The molecule has 0 amide bonds. The molecular formula is C16H15NO. The van der Waals surface area contributed by atoms with E-state index in [0.29, 0.717) is 0 Å². The first-order valence-electron chi connectivity index (χ1n) is 6.10. The van der Waals surface area contributed by atoms with E-state index >= 15 is 0 Å². The summed E-state index contributed by atoms with van der Waals surface area (Å²) in [4.78, 5) is 0. The zero-order chi connectivity index (χ0) is 12.4. The Balaban J connectivity index is 2.10. The lowest BCUT2D eigenvalue weighted by Gasteiger charge is -2.09. The molecular weight excluding hydrogens is 222 g/mol. The van der Waals surface area contributed by atoms with Gasteiger partial charge in [0, 0.05) is 17.8 Å². The van der Waals surface area contributed by atoms with E-state index in [4.69, 9.17) is 0 Å². The van der Waals surface area contributed by atoms with E-state index in [1.165, 1.54) is 16.5 Å². The van der Waals surface area contributed by atoms with E-state index in [1.807, 2.05) is 30.3 Å². The van der Waals surface area contributed by atoms with Gasteiger partial charge in [0.25, 0.3) is 0 Å². The highest BCUT2D eigenvalue weighted by atomic mass is 16.3. The topological polar surface area (TPSA) is 25.2 Å². The van der Waals surface area contributed by atoms with Crippen molar-refractivity contribution < 1.29 is 5.11 Å². The Morgan fingerprint density at radius 1 is 0.889 bits per heavy atom. The second kappa shape index (κ2) is 4.67. The Bertz CT molecular complexity index is 655. The minimum absolute atomic E-state index is 0.0709. The maximum Gasteiger partial charge on any atom is 0.0833 e. The Kier molecular flexibility index (Phi) is 2.87. The van der Waals surface area contributed by atoms with Crippen LogP contribution in [-0.2, 0) is 13.2 Å². The molecule has 0 aliphatic carbocycles. The highest BCUT2D eigenvalue weighted by Gasteiger charge is 2.07. The average molecular weight is 237 g/mol. The van der Waals surface area contributed by atoms with Gasteiger partial charge in [-0.2, -0.15) is 0 Å². The molecule has 3 rings (SSSR count). The van der Waals surface area contributed by atoms with Crippen LogP contribution in [0.15, 0.2) is 60.7 Å². The summed E-state index contributed by atoms with van der Waals surface area (Å²) < 4.78 is 2.17. The Labute approximate surface area is 106 Å². The normalized spacial score (nSPS) is 10.9. The van der Waals surface area contributed by atoms with Crippen molar-refractivity contribution in [2.45, 2.75) is 13.2 Å². The summed E-state index contributed by atoms with van der Waals surface area (Å²) in [6.07, 6.45) is 0. The van der Waals surface area contributed by atoms with Gasteiger partial charge in [-0.3, -0.25) is 0 Å². The number of hydrogen-bond donors (Lipinski definition) is 1. The summed E-state index contributed by atoms with van der Waals surface area (Å²) >= 11 is 0. The third-order valence-electron chi connectivity index (χ3n) is 3.24. The largest absolute Gasteiger partial charge is 0.390 e. The summed E-state index contributed by atoms with van der Waals surface area (Å²) in [5.74, 6) is 0. The molecule has 3 aromatic rings. The summed E-state index contributed by atoms with van der Waals surface area (Å²) in [5.41, 5.74) is 3.37. The minimum Gasteiger partial charge on any atom is -0.390 e. The van der Waals surface area contributed by atoms with Gasteiger partial charge < -0.3 is 9.67 Å². The molecule has 1 aromatic heterocycles. The van der Waals surface area contributed by atoms with Gasteiger partial charge in [-0.05, 0) is 23.1 Å². The van der Waals surface area contributed by atoms with Crippen LogP contribution in [0.1, 0.15) is 11.3 Å². The number of aliphatic hydroxyl groups is 1.